The van der Waals surface area contributed by atoms with Crippen molar-refractivity contribution in [2.24, 2.45) is 5.92 Å². The van der Waals surface area contributed by atoms with Gasteiger partial charge >= 0.3 is 0 Å². The minimum atomic E-state index is -0.0441. The van der Waals surface area contributed by atoms with Crippen LogP contribution >= 0.6 is 0 Å². The van der Waals surface area contributed by atoms with Crippen molar-refractivity contribution in [2.45, 2.75) is 58.5 Å². The molecule has 1 fully saturated rings. The summed E-state index contributed by atoms with van der Waals surface area (Å²) in [5, 5.41) is 9.87. The van der Waals surface area contributed by atoms with Gasteiger partial charge < -0.3 is 5.11 Å². The molecule has 0 spiro atoms. The van der Waals surface area contributed by atoms with Crippen LogP contribution in [0.1, 0.15) is 52.4 Å². The van der Waals surface area contributed by atoms with Gasteiger partial charge in [0.2, 0.25) is 0 Å². The molecule has 1 atom stereocenters. The monoisotopic (exact) mass is 182 g/mol. The van der Waals surface area contributed by atoms with E-state index in [-0.39, 0.29) is 6.10 Å². The van der Waals surface area contributed by atoms with Gasteiger partial charge in [-0.1, -0.05) is 24.5 Å². The predicted molar refractivity (Wildman–Crippen MR) is 56.6 cm³/mol. The molecular formula is C12H22O. The molecule has 1 unspecified atom stereocenters. The Morgan fingerprint density at radius 2 is 2.08 bits per heavy atom. The molecule has 1 aliphatic rings. The van der Waals surface area contributed by atoms with Crippen molar-refractivity contribution in [3.63, 3.8) is 0 Å². The van der Waals surface area contributed by atoms with Crippen LogP contribution in [0.3, 0.4) is 0 Å². The third kappa shape index (κ3) is 3.51. The lowest BCUT2D eigenvalue weighted by molar-refractivity contribution is 0.102. The van der Waals surface area contributed by atoms with E-state index in [1.807, 2.05) is 0 Å². The summed E-state index contributed by atoms with van der Waals surface area (Å²) in [6.45, 7) is 4.21. The lowest BCUT2D eigenvalue weighted by Crippen LogP contribution is -2.17. The third-order valence-corrected chi connectivity index (χ3v) is 3.27. The van der Waals surface area contributed by atoms with E-state index in [0.717, 1.165) is 12.8 Å². The highest BCUT2D eigenvalue weighted by Crippen LogP contribution is 2.29. The highest BCUT2D eigenvalue weighted by molar-refractivity contribution is 4.96. The quantitative estimate of drug-likeness (QED) is 0.661. The van der Waals surface area contributed by atoms with Crippen LogP contribution in [-0.2, 0) is 0 Å². The van der Waals surface area contributed by atoms with E-state index < -0.39 is 0 Å². The van der Waals surface area contributed by atoms with Crippen LogP contribution in [-0.4, -0.2) is 11.2 Å². The lowest BCUT2D eigenvalue weighted by Gasteiger charge is -2.17. The van der Waals surface area contributed by atoms with E-state index >= 15 is 0 Å². The number of hydrogen-bond donors (Lipinski definition) is 1. The lowest BCUT2D eigenvalue weighted by atomic mass is 9.95. The van der Waals surface area contributed by atoms with Crippen molar-refractivity contribution >= 4 is 0 Å². The highest BCUT2D eigenvalue weighted by Gasteiger charge is 2.22. The first-order chi connectivity index (χ1) is 6.24. The smallest absolute Gasteiger partial charge is 0.0571 e. The molecule has 1 N–H and O–H groups in total. The Balaban J connectivity index is 2.20. The van der Waals surface area contributed by atoms with Gasteiger partial charge in [-0.25, -0.2) is 0 Å². The molecule has 0 amide bonds. The fourth-order valence-electron chi connectivity index (χ4n) is 2.10. The van der Waals surface area contributed by atoms with E-state index in [1.54, 1.807) is 0 Å². The maximum Gasteiger partial charge on any atom is 0.0571 e. The molecule has 0 bridgehead atoms. The van der Waals surface area contributed by atoms with Crippen molar-refractivity contribution < 1.29 is 5.11 Å². The van der Waals surface area contributed by atoms with Crippen LogP contribution in [0.25, 0.3) is 0 Å². The Kier molecular flexibility index (Phi) is 4.51. The minimum absolute atomic E-state index is 0.0441. The summed E-state index contributed by atoms with van der Waals surface area (Å²) >= 11 is 0. The maximum absolute atomic E-state index is 9.87. The predicted octanol–water partition coefficient (Wildman–Crippen LogP) is 3.28. The Hall–Kier alpha value is -0.300. The topological polar surface area (TPSA) is 20.2 Å². The second kappa shape index (κ2) is 5.43. The standard InChI is InChI=1S/C12H22O/c1-3-10(2)8-9-12(13)11-6-4-5-7-11/h3,11-13H,4-9H2,1-2H3/b10-3+. The Labute approximate surface area is 81.9 Å². The summed E-state index contributed by atoms with van der Waals surface area (Å²) in [4.78, 5) is 0. The molecule has 1 aliphatic carbocycles. The average Bonchev–Trinajstić information content (AvgIpc) is 2.66. The van der Waals surface area contributed by atoms with Crippen molar-refractivity contribution in [3.8, 4) is 0 Å². The van der Waals surface area contributed by atoms with Crippen LogP contribution in [0.4, 0.5) is 0 Å². The van der Waals surface area contributed by atoms with Gasteiger partial charge in [-0.05, 0) is 45.4 Å². The van der Waals surface area contributed by atoms with Gasteiger partial charge in [0.1, 0.15) is 0 Å². The molecule has 0 aromatic carbocycles. The molecule has 0 aromatic heterocycles. The number of hydrogen-bond acceptors (Lipinski definition) is 1. The largest absolute Gasteiger partial charge is 0.393 e. The number of rotatable bonds is 4. The summed E-state index contributed by atoms with van der Waals surface area (Å²) in [6.07, 6.45) is 9.26. The second-order valence-electron chi connectivity index (χ2n) is 4.29. The summed E-state index contributed by atoms with van der Waals surface area (Å²) in [6, 6.07) is 0. The molecule has 0 radical (unpaired) electrons. The third-order valence-electron chi connectivity index (χ3n) is 3.27. The van der Waals surface area contributed by atoms with Crippen LogP contribution in [0.2, 0.25) is 0 Å². The number of allylic oxidation sites excluding steroid dienone is 2. The molecule has 0 saturated heterocycles. The minimum Gasteiger partial charge on any atom is -0.393 e. The van der Waals surface area contributed by atoms with Gasteiger partial charge in [0.15, 0.2) is 0 Å². The molecule has 0 aliphatic heterocycles. The zero-order valence-electron chi connectivity index (χ0n) is 8.92. The molecule has 1 heteroatoms. The van der Waals surface area contributed by atoms with Gasteiger partial charge in [-0.15, -0.1) is 0 Å². The van der Waals surface area contributed by atoms with Gasteiger partial charge in [-0.2, -0.15) is 0 Å². The van der Waals surface area contributed by atoms with Crippen molar-refractivity contribution in [3.05, 3.63) is 11.6 Å². The maximum atomic E-state index is 9.87. The van der Waals surface area contributed by atoms with Crippen LogP contribution in [0.15, 0.2) is 11.6 Å². The Morgan fingerprint density at radius 1 is 1.46 bits per heavy atom. The van der Waals surface area contributed by atoms with Gasteiger partial charge in [0.25, 0.3) is 0 Å². The van der Waals surface area contributed by atoms with Crippen LogP contribution in [0, 0.1) is 5.92 Å². The average molecular weight is 182 g/mol. The van der Waals surface area contributed by atoms with Gasteiger partial charge in [0.05, 0.1) is 6.10 Å². The fraction of sp³-hybridized carbons (Fsp3) is 0.833. The van der Waals surface area contributed by atoms with E-state index in [2.05, 4.69) is 19.9 Å². The first-order valence-electron chi connectivity index (χ1n) is 5.54. The van der Waals surface area contributed by atoms with Gasteiger partial charge in [-0.3, -0.25) is 0 Å². The van der Waals surface area contributed by atoms with E-state index in [0.29, 0.717) is 5.92 Å². The summed E-state index contributed by atoms with van der Waals surface area (Å²) in [5.74, 6) is 0.602. The number of aliphatic hydroxyl groups is 1. The summed E-state index contributed by atoms with van der Waals surface area (Å²) < 4.78 is 0. The first kappa shape index (κ1) is 10.8. The van der Waals surface area contributed by atoms with E-state index in [1.165, 1.54) is 31.3 Å². The molecule has 0 heterocycles. The molecule has 13 heavy (non-hydrogen) atoms. The number of aliphatic hydroxyl groups excluding tert-OH is 1. The van der Waals surface area contributed by atoms with Crippen LogP contribution < -0.4 is 0 Å². The highest BCUT2D eigenvalue weighted by atomic mass is 16.3. The van der Waals surface area contributed by atoms with Crippen molar-refractivity contribution in [1.29, 1.82) is 0 Å². The Morgan fingerprint density at radius 3 is 2.62 bits per heavy atom. The summed E-state index contributed by atoms with van der Waals surface area (Å²) in [5.41, 5.74) is 1.40. The van der Waals surface area contributed by atoms with Gasteiger partial charge in [0, 0.05) is 0 Å². The van der Waals surface area contributed by atoms with E-state index in [9.17, 15) is 5.11 Å². The van der Waals surface area contributed by atoms with Crippen molar-refractivity contribution in [1.82, 2.24) is 0 Å². The summed E-state index contributed by atoms with van der Waals surface area (Å²) in [7, 11) is 0. The molecule has 1 rings (SSSR count). The SMILES string of the molecule is C/C=C(\C)CCC(O)C1CCCC1. The van der Waals surface area contributed by atoms with Crippen LogP contribution in [0.5, 0.6) is 0 Å². The molecular weight excluding hydrogens is 160 g/mol. The molecule has 1 saturated carbocycles. The molecule has 0 aromatic rings. The Bertz CT molecular complexity index is 166. The van der Waals surface area contributed by atoms with Crippen molar-refractivity contribution in [2.75, 3.05) is 0 Å². The fourth-order valence-corrected chi connectivity index (χ4v) is 2.10. The second-order valence-corrected chi connectivity index (χ2v) is 4.29. The zero-order chi connectivity index (χ0) is 9.68. The first-order valence-corrected chi connectivity index (χ1v) is 5.54. The normalized spacial score (nSPS) is 22.2. The molecule has 1 nitrogen and oxygen atoms in total. The zero-order valence-corrected chi connectivity index (χ0v) is 8.92. The van der Waals surface area contributed by atoms with E-state index in [4.69, 9.17) is 0 Å². The molecule has 76 valence electrons.